The Balaban J connectivity index is 2.44. The summed E-state index contributed by atoms with van der Waals surface area (Å²) in [6.45, 7) is 4.05. The lowest BCUT2D eigenvalue weighted by atomic mass is 10.1. The first-order valence-corrected chi connectivity index (χ1v) is 7.49. The second-order valence-electron chi connectivity index (χ2n) is 4.89. The fourth-order valence-electron chi connectivity index (χ4n) is 2.01. The van der Waals surface area contributed by atoms with Crippen LogP contribution >= 0.6 is 15.9 Å². The van der Waals surface area contributed by atoms with Crippen LogP contribution < -0.4 is 10.1 Å². The first-order valence-electron chi connectivity index (χ1n) is 6.70. The van der Waals surface area contributed by atoms with Crippen molar-refractivity contribution in [3.63, 3.8) is 0 Å². The van der Waals surface area contributed by atoms with Crippen molar-refractivity contribution >= 4 is 15.9 Å². The summed E-state index contributed by atoms with van der Waals surface area (Å²) in [5.74, 6) is 1.49. The Kier molecular flexibility index (Phi) is 5.00. The molecule has 1 unspecified atom stereocenters. The lowest BCUT2D eigenvalue weighted by Crippen LogP contribution is -2.13. The molecule has 21 heavy (non-hydrogen) atoms. The van der Waals surface area contributed by atoms with Gasteiger partial charge in [0, 0.05) is 16.1 Å². The highest BCUT2D eigenvalue weighted by Gasteiger charge is 2.13. The molecule has 0 saturated carbocycles. The minimum absolute atomic E-state index is 0.174. The molecule has 0 aliphatic carbocycles. The SMILES string of the molecule is CNC(C)c1ccc(Br)cc1Oc1cc(C#N)ccc1C. The van der Waals surface area contributed by atoms with E-state index in [4.69, 9.17) is 10.00 Å². The average molecular weight is 345 g/mol. The van der Waals surface area contributed by atoms with Crippen LogP contribution in [0.5, 0.6) is 11.5 Å². The molecule has 0 radical (unpaired) electrons. The predicted molar refractivity (Wildman–Crippen MR) is 87.6 cm³/mol. The molecule has 4 heteroatoms. The van der Waals surface area contributed by atoms with E-state index in [1.807, 2.05) is 38.2 Å². The molecule has 0 aromatic heterocycles. The van der Waals surface area contributed by atoms with E-state index in [9.17, 15) is 0 Å². The molecule has 0 aliphatic heterocycles. The quantitative estimate of drug-likeness (QED) is 0.873. The molecule has 0 saturated heterocycles. The van der Waals surface area contributed by atoms with E-state index in [1.54, 1.807) is 12.1 Å². The zero-order valence-electron chi connectivity index (χ0n) is 12.3. The van der Waals surface area contributed by atoms with Crippen molar-refractivity contribution in [1.82, 2.24) is 5.32 Å². The molecule has 0 amide bonds. The van der Waals surface area contributed by atoms with Crippen molar-refractivity contribution in [3.05, 3.63) is 57.6 Å². The Labute approximate surface area is 133 Å². The van der Waals surface area contributed by atoms with Gasteiger partial charge in [-0.15, -0.1) is 0 Å². The van der Waals surface area contributed by atoms with E-state index in [2.05, 4.69) is 34.2 Å². The molecular weight excluding hydrogens is 328 g/mol. The summed E-state index contributed by atoms with van der Waals surface area (Å²) in [7, 11) is 1.91. The Morgan fingerprint density at radius 1 is 1.19 bits per heavy atom. The molecule has 0 heterocycles. The van der Waals surface area contributed by atoms with Crippen LogP contribution in [-0.4, -0.2) is 7.05 Å². The van der Waals surface area contributed by atoms with Gasteiger partial charge in [0.05, 0.1) is 11.6 Å². The molecule has 3 nitrogen and oxygen atoms in total. The van der Waals surface area contributed by atoms with E-state index in [1.165, 1.54) is 0 Å². The van der Waals surface area contributed by atoms with Crippen LogP contribution in [0.4, 0.5) is 0 Å². The van der Waals surface area contributed by atoms with Crippen molar-refractivity contribution in [1.29, 1.82) is 5.26 Å². The van der Waals surface area contributed by atoms with Crippen molar-refractivity contribution in [2.45, 2.75) is 19.9 Å². The Bertz CT molecular complexity index is 692. The molecule has 0 fully saturated rings. The lowest BCUT2D eigenvalue weighted by Gasteiger charge is -2.17. The monoisotopic (exact) mass is 344 g/mol. The number of hydrogen-bond acceptors (Lipinski definition) is 3. The number of nitrogens with one attached hydrogen (secondary N) is 1. The summed E-state index contributed by atoms with van der Waals surface area (Å²) >= 11 is 3.47. The van der Waals surface area contributed by atoms with Gasteiger partial charge in [0.15, 0.2) is 0 Å². The average Bonchev–Trinajstić information content (AvgIpc) is 2.49. The van der Waals surface area contributed by atoms with Gasteiger partial charge >= 0.3 is 0 Å². The summed E-state index contributed by atoms with van der Waals surface area (Å²) < 4.78 is 7.02. The summed E-state index contributed by atoms with van der Waals surface area (Å²) in [6, 6.07) is 13.7. The molecule has 108 valence electrons. The summed E-state index contributed by atoms with van der Waals surface area (Å²) in [6.07, 6.45) is 0. The molecule has 2 aromatic rings. The van der Waals surface area contributed by atoms with Crippen LogP contribution in [0, 0.1) is 18.3 Å². The number of nitrogens with zero attached hydrogens (tertiary/aromatic N) is 1. The third-order valence-corrected chi connectivity index (χ3v) is 3.91. The van der Waals surface area contributed by atoms with Gasteiger partial charge in [-0.2, -0.15) is 5.26 Å². The van der Waals surface area contributed by atoms with Gasteiger partial charge < -0.3 is 10.1 Å². The van der Waals surface area contributed by atoms with Gasteiger partial charge in [-0.1, -0.05) is 28.1 Å². The van der Waals surface area contributed by atoms with Crippen LogP contribution in [0.1, 0.15) is 29.7 Å². The summed E-state index contributed by atoms with van der Waals surface area (Å²) in [5, 5.41) is 12.2. The second-order valence-corrected chi connectivity index (χ2v) is 5.80. The van der Waals surface area contributed by atoms with Crippen molar-refractivity contribution in [2.24, 2.45) is 0 Å². The zero-order chi connectivity index (χ0) is 15.4. The van der Waals surface area contributed by atoms with Gasteiger partial charge in [-0.3, -0.25) is 0 Å². The third kappa shape index (κ3) is 3.63. The van der Waals surface area contributed by atoms with Gasteiger partial charge in [-0.25, -0.2) is 0 Å². The fourth-order valence-corrected chi connectivity index (χ4v) is 2.35. The maximum absolute atomic E-state index is 9.02. The Morgan fingerprint density at radius 3 is 2.62 bits per heavy atom. The lowest BCUT2D eigenvalue weighted by molar-refractivity contribution is 0.462. The number of ether oxygens (including phenoxy) is 1. The first-order chi connectivity index (χ1) is 10.0. The number of hydrogen-bond donors (Lipinski definition) is 1. The molecule has 0 aliphatic rings. The van der Waals surface area contributed by atoms with Crippen LogP contribution in [-0.2, 0) is 0 Å². The van der Waals surface area contributed by atoms with Gasteiger partial charge in [0.1, 0.15) is 11.5 Å². The summed E-state index contributed by atoms with van der Waals surface area (Å²) in [4.78, 5) is 0. The molecule has 2 rings (SSSR count). The maximum Gasteiger partial charge on any atom is 0.133 e. The second kappa shape index (κ2) is 6.75. The van der Waals surface area contributed by atoms with Gasteiger partial charge in [0.25, 0.3) is 0 Å². The van der Waals surface area contributed by atoms with Crippen LogP contribution in [0.3, 0.4) is 0 Å². The number of rotatable bonds is 4. The summed E-state index contributed by atoms with van der Waals surface area (Å²) in [5.41, 5.74) is 2.66. The standard InChI is InChI=1S/C17H17BrN2O/c1-11-4-5-13(10-19)8-16(11)21-17-9-14(18)6-7-15(17)12(2)20-3/h4-9,12,20H,1-3H3. The fraction of sp³-hybridized carbons (Fsp3) is 0.235. The minimum atomic E-state index is 0.174. The Hall–Kier alpha value is -1.83. The van der Waals surface area contributed by atoms with E-state index >= 15 is 0 Å². The van der Waals surface area contributed by atoms with Crippen molar-refractivity contribution in [3.8, 4) is 17.6 Å². The van der Waals surface area contributed by atoms with Crippen LogP contribution in [0.15, 0.2) is 40.9 Å². The highest BCUT2D eigenvalue weighted by molar-refractivity contribution is 9.10. The molecular formula is C17H17BrN2O. The molecule has 0 bridgehead atoms. The topological polar surface area (TPSA) is 45.0 Å². The number of aryl methyl sites for hydroxylation is 1. The number of nitriles is 1. The first kappa shape index (κ1) is 15.6. The van der Waals surface area contributed by atoms with Crippen molar-refractivity contribution < 1.29 is 4.74 Å². The van der Waals surface area contributed by atoms with Crippen LogP contribution in [0.2, 0.25) is 0 Å². The normalized spacial score (nSPS) is 11.8. The largest absolute Gasteiger partial charge is 0.457 e. The highest BCUT2D eigenvalue weighted by Crippen LogP contribution is 2.33. The Morgan fingerprint density at radius 2 is 1.95 bits per heavy atom. The third-order valence-electron chi connectivity index (χ3n) is 3.41. The molecule has 2 aromatic carbocycles. The maximum atomic E-state index is 9.02. The predicted octanol–water partition coefficient (Wildman–Crippen LogP) is 4.70. The van der Waals surface area contributed by atoms with E-state index in [0.29, 0.717) is 11.3 Å². The highest BCUT2D eigenvalue weighted by atomic mass is 79.9. The smallest absolute Gasteiger partial charge is 0.133 e. The number of benzene rings is 2. The minimum Gasteiger partial charge on any atom is -0.457 e. The molecule has 0 spiro atoms. The number of halogens is 1. The molecule has 1 atom stereocenters. The zero-order valence-corrected chi connectivity index (χ0v) is 13.9. The van der Waals surface area contributed by atoms with Crippen molar-refractivity contribution in [2.75, 3.05) is 7.05 Å². The van der Waals surface area contributed by atoms with Gasteiger partial charge in [-0.05, 0) is 50.7 Å². The van der Waals surface area contributed by atoms with E-state index in [0.717, 1.165) is 21.3 Å². The van der Waals surface area contributed by atoms with E-state index in [-0.39, 0.29) is 6.04 Å². The van der Waals surface area contributed by atoms with Gasteiger partial charge in [0.2, 0.25) is 0 Å². The van der Waals surface area contributed by atoms with E-state index < -0.39 is 0 Å². The van der Waals surface area contributed by atoms with Crippen LogP contribution in [0.25, 0.3) is 0 Å². The molecule has 1 N–H and O–H groups in total.